The summed E-state index contributed by atoms with van der Waals surface area (Å²) in [6, 6.07) is 7.49. The second kappa shape index (κ2) is 5.96. The Morgan fingerprint density at radius 3 is 3.00 bits per heavy atom. The molecule has 0 bridgehead atoms. The highest BCUT2D eigenvalue weighted by Crippen LogP contribution is 2.05. The molecule has 1 aromatic heterocycles. The molecule has 100 valence electrons. The zero-order valence-electron chi connectivity index (χ0n) is 10.6. The van der Waals surface area contributed by atoms with Crippen molar-refractivity contribution in [3.05, 3.63) is 47.5 Å². The number of benzene rings is 1. The van der Waals surface area contributed by atoms with Crippen molar-refractivity contribution in [3.63, 3.8) is 0 Å². The van der Waals surface area contributed by atoms with Gasteiger partial charge in [-0.25, -0.2) is 4.98 Å². The van der Waals surface area contributed by atoms with Crippen LogP contribution in [0.4, 0.5) is 0 Å². The molecule has 0 aliphatic heterocycles. The van der Waals surface area contributed by atoms with Gasteiger partial charge in [-0.3, -0.25) is 4.68 Å². The van der Waals surface area contributed by atoms with Crippen LogP contribution in [-0.4, -0.2) is 25.8 Å². The van der Waals surface area contributed by atoms with Crippen molar-refractivity contribution in [2.75, 3.05) is 0 Å². The Labute approximate surface area is 110 Å². The summed E-state index contributed by atoms with van der Waals surface area (Å²) < 4.78 is 1.66. The molecule has 7 heteroatoms. The molecule has 1 heterocycles. The Kier molecular flexibility index (Phi) is 4.09. The first-order valence-corrected chi connectivity index (χ1v) is 5.81. The summed E-state index contributed by atoms with van der Waals surface area (Å²) in [7, 11) is 1.83. The standard InChI is InChI=1S/C12H16N6O/c1-18-8-15-11(16-18)7-14-6-9-3-2-4-10(5-9)12(13)17-19/h2-5,8,14,19H,6-7H2,1H3,(H2,13,17). The highest BCUT2D eigenvalue weighted by molar-refractivity contribution is 5.97. The molecular weight excluding hydrogens is 244 g/mol. The lowest BCUT2D eigenvalue weighted by Gasteiger charge is -2.05. The van der Waals surface area contributed by atoms with Gasteiger partial charge in [0.25, 0.3) is 0 Å². The fourth-order valence-corrected chi connectivity index (χ4v) is 1.68. The second-order valence-electron chi connectivity index (χ2n) is 4.12. The summed E-state index contributed by atoms with van der Waals surface area (Å²) in [5.41, 5.74) is 7.28. The monoisotopic (exact) mass is 260 g/mol. The van der Waals surface area contributed by atoms with Crippen LogP contribution in [0.2, 0.25) is 0 Å². The third-order valence-corrected chi connectivity index (χ3v) is 2.59. The maximum absolute atomic E-state index is 8.63. The number of oxime groups is 1. The van der Waals surface area contributed by atoms with Crippen LogP contribution < -0.4 is 11.1 Å². The molecule has 2 aromatic rings. The van der Waals surface area contributed by atoms with Crippen molar-refractivity contribution >= 4 is 5.84 Å². The van der Waals surface area contributed by atoms with E-state index < -0.39 is 0 Å². The fraction of sp³-hybridized carbons (Fsp3) is 0.250. The van der Waals surface area contributed by atoms with E-state index in [9.17, 15) is 0 Å². The topological polar surface area (TPSA) is 101 Å². The Morgan fingerprint density at radius 1 is 1.47 bits per heavy atom. The lowest BCUT2D eigenvalue weighted by Crippen LogP contribution is -2.16. The number of nitrogens with two attached hydrogens (primary N) is 1. The largest absolute Gasteiger partial charge is 0.409 e. The fourth-order valence-electron chi connectivity index (χ4n) is 1.68. The lowest BCUT2D eigenvalue weighted by molar-refractivity contribution is 0.318. The van der Waals surface area contributed by atoms with Gasteiger partial charge in [0.05, 0.1) is 6.54 Å². The average molecular weight is 260 g/mol. The minimum Gasteiger partial charge on any atom is -0.409 e. The Morgan fingerprint density at radius 2 is 2.32 bits per heavy atom. The van der Waals surface area contributed by atoms with Crippen molar-refractivity contribution < 1.29 is 5.21 Å². The first kappa shape index (κ1) is 13.0. The molecular formula is C12H16N6O. The van der Waals surface area contributed by atoms with E-state index in [0.717, 1.165) is 11.4 Å². The number of amidine groups is 1. The summed E-state index contributed by atoms with van der Waals surface area (Å²) in [5.74, 6) is 0.850. The molecule has 0 amide bonds. The molecule has 7 nitrogen and oxygen atoms in total. The molecule has 19 heavy (non-hydrogen) atoms. The number of nitrogens with one attached hydrogen (secondary N) is 1. The van der Waals surface area contributed by atoms with Crippen molar-refractivity contribution in [2.24, 2.45) is 17.9 Å². The van der Waals surface area contributed by atoms with E-state index in [2.05, 4.69) is 20.6 Å². The Hall–Kier alpha value is -2.41. The van der Waals surface area contributed by atoms with Gasteiger partial charge in [-0.05, 0) is 11.6 Å². The molecule has 0 fully saturated rings. The predicted molar refractivity (Wildman–Crippen MR) is 70.5 cm³/mol. The average Bonchev–Trinajstić information content (AvgIpc) is 2.84. The molecule has 0 aliphatic carbocycles. The maximum Gasteiger partial charge on any atom is 0.170 e. The van der Waals surface area contributed by atoms with Gasteiger partial charge in [0.15, 0.2) is 11.7 Å². The number of aromatic nitrogens is 3. The van der Waals surface area contributed by atoms with Gasteiger partial charge in [0.1, 0.15) is 6.33 Å². The van der Waals surface area contributed by atoms with Crippen LogP contribution in [0, 0.1) is 0 Å². The maximum atomic E-state index is 8.63. The molecule has 0 saturated carbocycles. The van der Waals surface area contributed by atoms with E-state index >= 15 is 0 Å². The quantitative estimate of drug-likeness (QED) is 0.308. The van der Waals surface area contributed by atoms with Gasteiger partial charge >= 0.3 is 0 Å². The van der Waals surface area contributed by atoms with Crippen LogP contribution in [0.3, 0.4) is 0 Å². The van der Waals surface area contributed by atoms with Crippen molar-refractivity contribution in [1.82, 2.24) is 20.1 Å². The van der Waals surface area contributed by atoms with Gasteiger partial charge in [0, 0.05) is 19.2 Å². The summed E-state index contributed by atoms with van der Waals surface area (Å²) in [6.07, 6.45) is 1.66. The Balaban J connectivity index is 1.92. The first-order valence-electron chi connectivity index (χ1n) is 5.81. The first-order chi connectivity index (χ1) is 9.19. The van der Waals surface area contributed by atoms with Gasteiger partial charge in [0.2, 0.25) is 0 Å². The summed E-state index contributed by atoms with van der Waals surface area (Å²) in [4.78, 5) is 4.12. The molecule has 0 aliphatic rings. The normalized spacial score (nSPS) is 11.7. The minimum absolute atomic E-state index is 0.105. The smallest absolute Gasteiger partial charge is 0.170 e. The molecule has 0 unspecified atom stereocenters. The number of nitrogens with zero attached hydrogens (tertiary/aromatic N) is 4. The molecule has 4 N–H and O–H groups in total. The zero-order chi connectivity index (χ0) is 13.7. The van der Waals surface area contributed by atoms with Gasteiger partial charge < -0.3 is 16.3 Å². The summed E-state index contributed by atoms with van der Waals surface area (Å²) in [6.45, 7) is 1.25. The van der Waals surface area contributed by atoms with Crippen LogP contribution in [0.25, 0.3) is 0 Å². The van der Waals surface area contributed by atoms with E-state index in [1.165, 1.54) is 0 Å². The number of hydrogen-bond acceptors (Lipinski definition) is 5. The predicted octanol–water partition coefficient (Wildman–Crippen LogP) is 0.199. The number of aryl methyl sites for hydroxylation is 1. The van der Waals surface area contributed by atoms with Crippen LogP contribution >= 0.6 is 0 Å². The number of rotatable bonds is 5. The van der Waals surface area contributed by atoms with Crippen LogP contribution in [0.15, 0.2) is 35.7 Å². The second-order valence-corrected chi connectivity index (χ2v) is 4.12. The van der Waals surface area contributed by atoms with E-state index in [1.54, 1.807) is 17.1 Å². The zero-order valence-corrected chi connectivity index (χ0v) is 10.6. The summed E-state index contributed by atoms with van der Waals surface area (Å²) >= 11 is 0. The number of hydrogen-bond donors (Lipinski definition) is 3. The van der Waals surface area contributed by atoms with Crippen molar-refractivity contribution in [3.8, 4) is 0 Å². The summed E-state index contributed by atoms with van der Waals surface area (Å²) in [5, 5.41) is 19.0. The van der Waals surface area contributed by atoms with E-state index in [1.807, 2.05) is 25.2 Å². The highest BCUT2D eigenvalue weighted by atomic mass is 16.4. The van der Waals surface area contributed by atoms with Gasteiger partial charge in [-0.2, -0.15) is 5.10 Å². The van der Waals surface area contributed by atoms with Crippen LogP contribution in [-0.2, 0) is 20.1 Å². The molecule has 0 atom stereocenters. The van der Waals surface area contributed by atoms with E-state index in [-0.39, 0.29) is 5.84 Å². The molecule has 2 rings (SSSR count). The van der Waals surface area contributed by atoms with Crippen molar-refractivity contribution in [1.29, 1.82) is 0 Å². The molecule has 0 radical (unpaired) electrons. The van der Waals surface area contributed by atoms with Gasteiger partial charge in [-0.1, -0.05) is 23.4 Å². The van der Waals surface area contributed by atoms with Crippen molar-refractivity contribution in [2.45, 2.75) is 13.1 Å². The SMILES string of the molecule is Cn1cnc(CNCc2cccc(/C(N)=N/O)c2)n1. The molecule has 1 aromatic carbocycles. The molecule has 0 spiro atoms. The van der Waals surface area contributed by atoms with E-state index in [4.69, 9.17) is 10.9 Å². The third kappa shape index (κ3) is 3.52. The Bertz CT molecular complexity index is 577. The van der Waals surface area contributed by atoms with E-state index in [0.29, 0.717) is 18.7 Å². The third-order valence-electron chi connectivity index (χ3n) is 2.59. The highest BCUT2D eigenvalue weighted by Gasteiger charge is 2.02. The lowest BCUT2D eigenvalue weighted by atomic mass is 10.1. The van der Waals surface area contributed by atoms with Crippen LogP contribution in [0.1, 0.15) is 17.0 Å². The van der Waals surface area contributed by atoms with Crippen LogP contribution in [0.5, 0.6) is 0 Å². The van der Waals surface area contributed by atoms with Gasteiger partial charge in [-0.15, -0.1) is 0 Å². The molecule has 0 saturated heterocycles. The minimum atomic E-state index is 0.105.